The lowest BCUT2D eigenvalue weighted by molar-refractivity contribution is -0.120. The first-order chi connectivity index (χ1) is 12.2. The number of fused-ring (bicyclic) bond motifs is 1. The number of hydrogen-bond donors (Lipinski definition) is 1. The van der Waals surface area contributed by atoms with Gasteiger partial charge in [-0.05, 0) is 42.8 Å². The molecule has 0 saturated heterocycles. The second kappa shape index (κ2) is 7.90. The first-order valence-electron chi connectivity index (χ1n) is 7.78. The summed E-state index contributed by atoms with van der Waals surface area (Å²) in [5.74, 6) is 1.75. The fourth-order valence-corrected chi connectivity index (χ4v) is 2.54. The molecule has 0 atom stereocenters. The van der Waals surface area contributed by atoms with E-state index in [1.165, 1.54) is 6.21 Å². The standard InChI is InChI=1S/C18H17ClN2O4/c1-2-23-15-6-4-14(19)9-13(15)10-20-21-18(22)8-12-3-5-16-17(7-12)25-11-24-16/h3-7,9-10H,2,8,11H2,1H3,(H,21,22)/b20-10-. The summed E-state index contributed by atoms with van der Waals surface area (Å²) in [5, 5.41) is 4.54. The molecule has 0 bridgehead atoms. The van der Waals surface area contributed by atoms with E-state index in [-0.39, 0.29) is 19.1 Å². The fourth-order valence-electron chi connectivity index (χ4n) is 2.36. The maximum Gasteiger partial charge on any atom is 0.244 e. The summed E-state index contributed by atoms with van der Waals surface area (Å²) in [6.45, 7) is 2.62. The monoisotopic (exact) mass is 360 g/mol. The maximum absolute atomic E-state index is 12.0. The molecule has 0 radical (unpaired) electrons. The Kier molecular flexibility index (Phi) is 5.40. The zero-order valence-electron chi connectivity index (χ0n) is 13.6. The van der Waals surface area contributed by atoms with Crippen LogP contribution in [0.5, 0.6) is 17.2 Å². The van der Waals surface area contributed by atoms with E-state index in [2.05, 4.69) is 10.5 Å². The molecule has 1 aliphatic rings. The number of amides is 1. The smallest absolute Gasteiger partial charge is 0.244 e. The van der Waals surface area contributed by atoms with E-state index in [0.717, 1.165) is 5.56 Å². The summed E-state index contributed by atoms with van der Waals surface area (Å²) in [7, 11) is 0. The van der Waals surface area contributed by atoms with Crippen molar-refractivity contribution < 1.29 is 19.0 Å². The zero-order chi connectivity index (χ0) is 17.6. The van der Waals surface area contributed by atoms with E-state index < -0.39 is 0 Å². The van der Waals surface area contributed by atoms with Crippen molar-refractivity contribution in [3.05, 3.63) is 52.5 Å². The van der Waals surface area contributed by atoms with E-state index in [4.69, 9.17) is 25.8 Å². The lowest BCUT2D eigenvalue weighted by Gasteiger charge is -2.07. The molecule has 2 aromatic carbocycles. The average molecular weight is 361 g/mol. The van der Waals surface area contributed by atoms with Crippen LogP contribution >= 0.6 is 11.6 Å². The average Bonchev–Trinajstić information content (AvgIpc) is 3.05. The van der Waals surface area contributed by atoms with Crippen LogP contribution in [0.4, 0.5) is 0 Å². The van der Waals surface area contributed by atoms with Crippen LogP contribution in [-0.4, -0.2) is 25.5 Å². The Bertz CT molecular complexity index is 808. The lowest BCUT2D eigenvalue weighted by atomic mass is 10.1. The van der Waals surface area contributed by atoms with Gasteiger partial charge in [-0.1, -0.05) is 17.7 Å². The molecule has 6 nitrogen and oxygen atoms in total. The molecule has 0 aromatic heterocycles. The number of benzene rings is 2. The van der Waals surface area contributed by atoms with Crippen molar-refractivity contribution in [2.45, 2.75) is 13.3 Å². The van der Waals surface area contributed by atoms with Gasteiger partial charge in [0.15, 0.2) is 11.5 Å². The molecule has 1 amide bonds. The van der Waals surface area contributed by atoms with Gasteiger partial charge in [-0.3, -0.25) is 4.79 Å². The van der Waals surface area contributed by atoms with Crippen molar-refractivity contribution in [1.82, 2.24) is 5.43 Å². The number of rotatable bonds is 6. The van der Waals surface area contributed by atoms with E-state index >= 15 is 0 Å². The van der Waals surface area contributed by atoms with Crippen LogP contribution in [0.15, 0.2) is 41.5 Å². The van der Waals surface area contributed by atoms with Crippen molar-refractivity contribution in [3.63, 3.8) is 0 Å². The lowest BCUT2D eigenvalue weighted by Crippen LogP contribution is -2.19. The molecular formula is C18H17ClN2O4. The molecule has 0 spiro atoms. The van der Waals surface area contributed by atoms with Crippen molar-refractivity contribution >= 4 is 23.7 Å². The topological polar surface area (TPSA) is 69.2 Å². The molecule has 7 heteroatoms. The minimum atomic E-state index is -0.241. The normalized spacial score (nSPS) is 12.4. The molecule has 1 aliphatic heterocycles. The van der Waals surface area contributed by atoms with Gasteiger partial charge in [-0.15, -0.1) is 0 Å². The molecular weight excluding hydrogens is 344 g/mol. The molecule has 0 unspecified atom stereocenters. The Labute approximate surface area is 150 Å². The molecule has 25 heavy (non-hydrogen) atoms. The fraction of sp³-hybridized carbons (Fsp3) is 0.222. The van der Waals surface area contributed by atoms with E-state index in [1.807, 2.05) is 13.0 Å². The number of hydrazone groups is 1. The Morgan fingerprint density at radius 3 is 2.96 bits per heavy atom. The largest absolute Gasteiger partial charge is 0.493 e. The number of hydrogen-bond acceptors (Lipinski definition) is 5. The third kappa shape index (κ3) is 4.42. The molecule has 3 rings (SSSR count). The Balaban J connectivity index is 1.60. The molecule has 0 fully saturated rings. The van der Waals surface area contributed by atoms with Gasteiger partial charge in [0.25, 0.3) is 0 Å². The summed E-state index contributed by atoms with van der Waals surface area (Å²) in [6.07, 6.45) is 1.69. The zero-order valence-corrected chi connectivity index (χ0v) is 14.4. The molecule has 1 N–H and O–H groups in total. The van der Waals surface area contributed by atoms with E-state index in [9.17, 15) is 4.79 Å². The van der Waals surface area contributed by atoms with Crippen LogP contribution in [0, 0.1) is 0 Å². The van der Waals surface area contributed by atoms with Gasteiger partial charge in [0.1, 0.15) is 5.75 Å². The second-order valence-electron chi connectivity index (χ2n) is 5.27. The van der Waals surface area contributed by atoms with Crippen LogP contribution in [-0.2, 0) is 11.2 Å². The molecule has 0 saturated carbocycles. The Morgan fingerprint density at radius 1 is 1.28 bits per heavy atom. The minimum Gasteiger partial charge on any atom is -0.493 e. The second-order valence-corrected chi connectivity index (χ2v) is 5.71. The first kappa shape index (κ1) is 17.1. The predicted molar refractivity (Wildman–Crippen MR) is 94.6 cm³/mol. The summed E-state index contributed by atoms with van der Waals surface area (Å²) < 4.78 is 16.0. The van der Waals surface area contributed by atoms with Gasteiger partial charge in [-0.2, -0.15) is 5.10 Å². The van der Waals surface area contributed by atoms with Crippen LogP contribution in [0.25, 0.3) is 0 Å². The highest BCUT2D eigenvalue weighted by atomic mass is 35.5. The van der Waals surface area contributed by atoms with Crippen molar-refractivity contribution in [2.75, 3.05) is 13.4 Å². The number of carbonyl (C=O) groups is 1. The Morgan fingerprint density at radius 2 is 2.12 bits per heavy atom. The number of nitrogens with one attached hydrogen (secondary N) is 1. The highest BCUT2D eigenvalue weighted by molar-refractivity contribution is 6.30. The number of carbonyl (C=O) groups excluding carboxylic acids is 1. The van der Waals surface area contributed by atoms with E-state index in [1.54, 1.807) is 30.3 Å². The minimum absolute atomic E-state index is 0.182. The van der Waals surface area contributed by atoms with Gasteiger partial charge in [0.05, 0.1) is 19.2 Å². The van der Waals surface area contributed by atoms with Crippen molar-refractivity contribution in [2.24, 2.45) is 5.10 Å². The summed E-state index contributed by atoms with van der Waals surface area (Å²) >= 11 is 5.99. The Hall–Kier alpha value is -2.73. The van der Waals surface area contributed by atoms with Gasteiger partial charge in [0.2, 0.25) is 12.7 Å². The number of ether oxygens (including phenoxy) is 3. The molecule has 1 heterocycles. The van der Waals surface area contributed by atoms with Gasteiger partial charge >= 0.3 is 0 Å². The number of halogens is 1. The third-order valence-electron chi connectivity index (χ3n) is 3.47. The van der Waals surface area contributed by atoms with Gasteiger partial charge < -0.3 is 14.2 Å². The summed E-state index contributed by atoms with van der Waals surface area (Å²) in [5.41, 5.74) is 4.00. The van der Waals surface area contributed by atoms with Crippen LogP contribution in [0.3, 0.4) is 0 Å². The number of nitrogens with zero attached hydrogens (tertiary/aromatic N) is 1. The quantitative estimate of drug-likeness (QED) is 0.634. The molecule has 2 aromatic rings. The SMILES string of the molecule is CCOc1ccc(Cl)cc1/C=N\NC(=O)Cc1ccc2c(c1)OCO2. The van der Waals surface area contributed by atoms with Gasteiger partial charge in [0, 0.05) is 10.6 Å². The van der Waals surface area contributed by atoms with Gasteiger partial charge in [-0.25, -0.2) is 5.43 Å². The van der Waals surface area contributed by atoms with Crippen molar-refractivity contribution in [3.8, 4) is 17.2 Å². The predicted octanol–water partition coefficient (Wildman–Crippen LogP) is 3.16. The molecule has 130 valence electrons. The summed E-state index contributed by atoms with van der Waals surface area (Å²) in [6, 6.07) is 10.6. The summed E-state index contributed by atoms with van der Waals surface area (Å²) in [4.78, 5) is 12.0. The van der Waals surface area contributed by atoms with Crippen LogP contribution in [0.1, 0.15) is 18.1 Å². The maximum atomic E-state index is 12.0. The first-order valence-corrected chi connectivity index (χ1v) is 8.16. The third-order valence-corrected chi connectivity index (χ3v) is 3.70. The highest BCUT2D eigenvalue weighted by Crippen LogP contribution is 2.32. The van der Waals surface area contributed by atoms with Crippen LogP contribution < -0.4 is 19.6 Å². The van der Waals surface area contributed by atoms with E-state index in [0.29, 0.717) is 34.4 Å². The highest BCUT2D eigenvalue weighted by Gasteiger charge is 2.14. The molecule has 0 aliphatic carbocycles. The van der Waals surface area contributed by atoms with Crippen LogP contribution in [0.2, 0.25) is 5.02 Å². The van der Waals surface area contributed by atoms with Crippen molar-refractivity contribution in [1.29, 1.82) is 0 Å².